The van der Waals surface area contributed by atoms with Crippen LogP contribution in [0.15, 0.2) is 188 Å². The maximum atomic E-state index is 7.15. The minimum atomic E-state index is -0.696. The van der Waals surface area contributed by atoms with Crippen molar-refractivity contribution in [3.05, 3.63) is 210 Å². The topological polar surface area (TPSA) is 23.4 Å². The van der Waals surface area contributed by atoms with E-state index in [2.05, 4.69) is 193 Å². The lowest BCUT2D eigenvalue weighted by Crippen LogP contribution is -2.37. The molecule has 0 aliphatic carbocycles. The Bertz CT molecular complexity index is 2810. The Balaban J connectivity index is 1.21. The van der Waals surface area contributed by atoms with Crippen molar-refractivity contribution in [2.75, 3.05) is 0 Å². The Morgan fingerprint density at radius 1 is 0.365 bits per heavy atom. The van der Waals surface area contributed by atoms with Gasteiger partial charge in [0.05, 0.1) is 16.4 Å². The van der Waals surface area contributed by atoms with Crippen molar-refractivity contribution >= 4 is 21.8 Å². The molecule has 1 spiro atoms. The minimum Gasteiger partial charge on any atom is -0.457 e. The molecule has 0 bridgehead atoms. The summed E-state index contributed by atoms with van der Waals surface area (Å²) >= 11 is 0. The van der Waals surface area contributed by atoms with Crippen LogP contribution in [0.1, 0.15) is 22.3 Å². The van der Waals surface area contributed by atoms with Crippen LogP contribution in [0.25, 0.3) is 49.7 Å². The third kappa shape index (κ3) is 4.02. The summed E-state index contributed by atoms with van der Waals surface area (Å²) in [7, 11) is 0. The molecular weight excluding hydrogens is 635 g/mol. The number of hydrogen-bond acceptors (Lipinski definition) is 2. The fraction of sp³-hybridized carbons (Fsp3) is 0.0204. The van der Waals surface area contributed by atoms with Gasteiger partial charge in [-0.05, 0) is 65.2 Å². The van der Waals surface area contributed by atoms with E-state index in [4.69, 9.17) is 9.47 Å². The molecule has 0 N–H and O–H groups in total. The quantitative estimate of drug-likeness (QED) is 0.187. The Kier molecular flexibility index (Phi) is 6.17. The molecule has 244 valence electrons. The molecule has 11 rings (SSSR count). The second-order valence-electron chi connectivity index (χ2n) is 13.6. The van der Waals surface area contributed by atoms with Gasteiger partial charge in [0.25, 0.3) is 0 Å². The molecule has 0 radical (unpaired) electrons. The Morgan fingerprint density at radius 2 is 0.981 bits per heavy atom. The van der Waals surface area contributed by atoms with Gasteiger partial charge in [-0.1, -0.05) is 140 Å². The zero-order valence-electron chi connectivity index (χ0n) is 28.2. The van der Waals surface area contributed by atoms with E-state index >= 15 is 0 Å². The zero-order valence-corrected chi connectivity index (χ0v) is 28.2. The number of benzene rings is 8. The Labute approximate surface area is 301 Å². The lowest BCUT2D eigenvalue weighted by atomic mass is 9.61. The summed E-state index contributed by atoms with van der Waals surface area (Å²) in [5.74, 6) is 3.40. The summed E-state index contributed by atoms with van der Waals surface area (Å²) in [6.07, 6.45) is 0. The summed E-state index contributed by atoms with van der Waals surface area (Å²) < 4.78 is 16.2. The number of nitrogens with zero attached hydrogens (tertiary/aromatic N) is 1. The first-order chi connectivity index (χ1) is 25.8. The molecule has 9 aromatic rings. The highest BCUT2D eigenvalue weighted by Gasteiger charge is 2.51. The van der Waals surface area contributed by atoms with Crippen LogP contribution in [0.5, 0.6) is 23.0 Å². The molecule has 3 heterocycles. The van der Waals surface area contributed by atoms with Crippen LogP contribution in [0, 0.1) is 0 Å². The normalized spacial score (nSPS) is 13.5. The molecule has 0 unspecified atom stereocenters. The first-order valence-electron chi connectivity index (χ1n) is 17.8. The maximum Gasteiger partial charge on any atom is 0.140 e. The lowest BCUT2D eigenvalue weighted by Gasteiger charge is -2.45. The standard InChI is InChI=1S/C49H31NO2/c1-3-14-32(15-4-1)33-27-29-47-42(30-33)49(39-20-8-11-24-45(39)51-46-25-12-9-21-40(46)49)41-22-13-19-36(48(41)52-47)34-26-28-38-37-18-7-10-23-43(37)50(44(38)31-34)35-16-5-2-6-17-35/h1-31H. The lowest BCUT2D eigenvalue weighted by molar-refractivity contribution is 0.400. The van der Waals surface area contributed by atoms with Crippen LogP contribution in [0.2, 0.25) is 0 Å². The number of rotatable bonds is 3. The van der Waals surface area contributed by atoms with Gasteiger partial charge in [0, 0.05) is 44.3 Å². The highest BCUT2D eigenvalue weighted by molar-refractivity contribution is 6.10. The molecule has 1 aromatic heterocycles. The van der Waals surface area contributed by atoms with Crippen LogP contribution in [0.4, 0.5) is 0 Å². The second kappa shape index (κ2) is 11.1. The van der Waals surface area contributed by atoms with Crippen molar-refractivity contribution in [2.24, 2.45) is 0 Å². The molecule has 8 aromatic carbocycles. The fourth-order valence-corrected chi connectivity index (χ4v) is 8.71. The van der Waals surface area contributed by atoms with E-state index in [0.717, 1.165) is 78.7 Å². The molecule has 3 nitrogen and oxygen atoms in total. The molecule has 0 atom stereocenters. The summed E-state index contributed by atoms with van der Waals surface area (Å²) in [5.41, 5.74) is 11.6. The SMILES string of the molecule is c1ccc(-c2ccc3c(c2)C2(c4ccccc4Oc4ccccc42)c2cccc(-c4ccc5c6ccccc6n(-c6ccccc6)c5c4)c2O3)cc1. The predicted molar refractivity (Wildman–Crippen MR) is 210 cm³/mol. The van der Waals surface area contributed by atoms with Gasteiger partial charge < -0.3 is 14.0 Å². The average molecular weight is 666 g/mol. The van der Waals surface area contributed by atoms with Crippen molar-refractivity contribution in [2.45, 2.75) is 5.41 Å². The Hall–Kier alpha value is -6.84. The van der Waals surface area contributed by atoms with Gasteiger partial charge in [-0.3, -0.25) is 0 Å². The van der Waals surface area contributed by atoms with Crippen molar-refractivity contribution in [3.63, 3.8) is 0 Å². The van der Waals surface area contributed by atoms with Gasteiger partial charge in [0.2, 0.25) is 0 Å². The summed E-state index contributed by atoms with van der Waals surface area (Å²) in [4.78, 5) is 0. The number of para-hydroxylation sites is 5. The molecule has 2 aliphatic rings. The number of fused-ring (bicyclic) bond motifs is 11. The summed E-state index contributed by atoms with van der Waals surface area (Å²) in [6.45, 7) is 0. The largest absolute Gasteiger partial charge is 0.457 e. The minimum absolute atomic E-state index is 0.696. The van der Waals surface area contributed by atoms with Crippen molar-refractivity contribution in [1.82, 2.24) is 4.57 Å². The highest BCUT2D eigenvalue weighted by atomic mass is 16.5. The predicted octanol–water partition coefficient (Wildman–Crippen LogP) is 12.7. The van der Waals surface area contributed by atoms with Crippen molar-refractivity contribution < 1.29 is 9.47 Å². The Morgan fingerprint density at radius 3 is 1.77 bits per heavy atom. The van der Waals surface area contributed by atoms with Crippen molar-refractivity contribution in [1.29, 1.82) is 0 Å². The van der Waals surface area contributed by atoms with Gasteiger partial charge in [-0.15, -0.1) is 0 Å². The number of ether oxygens (including phenoxy) is 2. The van der Waals surface area contributed by atoms with Crippen LogP contribution in [-0.4, -0.2) is 4.57 Å². The molecule has 52 heavy (non-hydrogen) atoms. The average Bonchev–Trinajstić information content (AvgIpc) is 3.55. The first-order valence-corrected chi connectivity index (χ1v) is 17.8. The maximum absolute atomic E-state index is 7.15. The van der Waals surface area contributed by atoms with E-state index in [0.29, 0.717) is 0 Å². The van der Waals surface area contributed by atoms with Gasteiger partial charge in [-0.2, -0.15) is 0 Å². The van der Waals surface area contributed by atoms with Gasteiger partial charge in [0.15, 0.2) is 0 Å². The smallest absolute Gasteiger partial charge is 0.140 e. The summed E-state index contributed by atoms with van der Waals surface area (Å²) in [6, 6.07) is 66.9. The molecule has 3 heteroatoms. The van der Waals surface area contributed by atoms with E-state index in [1.165, 1.54) is 16.3 Å². The van der Waals surface area contributed by atoms with Crippen LogP contribution in [0.3, 0.4) is 0 Å². The fourth-order valence-electron chi connectivity index (χ4n) is 8.71. The van der Waals surface area contributed by atoms with E-state index in [1.54, 1.807) is 0 Å². The second-order valence-corrected chi connectivity index (χ2v) is 13.6. The van der Waals surface area contributed by atoms with Crippen LogP contribution in [-0.2, 0) is 5.41 Å². The zero-order chi connectivity index (χ0) is 34.2. The van der Waals surface area contributed by atoms with E-state index in [1.807, 2.05) is 0 Å². The molecule has 0 saturated carbocycles. The third-order valence-corrected chi connectivity index (χ3v) is 10.9. The molecule has 2 aliphatic heterocycles. The van der Waals surface area contributed by atoms with Crippen LogP contribution < -0.4 is 9.47 Å². The van der Waals surface area contributed by atoms with Crippen LogP contribution >= 0.6 is 0 Å². The summed E-state index contributed by atoms with van der Waals surface area (Å²) in [5, 5.41) is 2.45. The molecule has 0 amide bonds. The number of hydrogen-bond donors (Lipinski definition) is 0. The van der Waals surface area contributed by atoms with E-state index < -0.39 is 5.41 Å². The monoisotopic (exact) mass is 665 g/mol. The molecule has 0 saturated heterocycles. The van der Waals surface area contributed by atoms with Crippen molar-refractivity contribution in [3.8, 4) is 50.9 Å². The van der Waals surface area contributed by atoms with E-state index in [-0.39, 0.29) is 0 Å². The van der Waals surface area contributed by atoms with E-state index in [9.17, 15) is 0 Å². The molecular formula is C49H31NO2. The van der Waals surface area contributed by atoms with Gasteiger partial charge in [-0.25, -0.2) is 0 Å². The third-order valence-electron chi connectivity index (χ3n) is 10.9. The highest BCUT2D eigenvalue weighted by Crippen LogP contribution is 2.63. The molecule has 0 fully saturated rings. The number of aromatic nitrogens is 1. The first kappa shape index (κ1) is 28.9. The van der Waals surface area contributed by atoms with Gasteiger partial charge in [0.1, 0.15) is 23.0 Å². The van der Waals surface area contributed by atoms with Gasteiger partial charge >= 0.3 is 0 Å².